The zero-order chi connectivity index (χ0) is 12.0. The molecule has 0 N–H and O–H groups in total. The van der Waals surface area contributed by atoms with E-state index in [2.05, 4.69) is 21.6 Å². The van der Waals surface area contributed by atoms with Gasteiger partial charge in [0.15, 0.2) is 0 Å². The molecule has 1 aromatic rings. The van der Waals surface area contributed by atoms with Gasteiger partial charge in [-0.1, -0.05) is 5.92 Å². The maximum atomic E-state index is 11.0. The first-order valence-electron chi connectivity index (χ1n) is 4.95. The highest BCUT2D eigenvalue weighted by molar-refractivity contribution is 5.89. The molecule has 84 valence electrons. The molecular formula is C12H14N2O2. The van der Waals surface area contributed by atoms with E-state index in [1.54, 1.807) is 13.1 Å². The van der Waals surface area contributed by atoms with Crippen LogP contribution in [-0.2, 0) is 9.53 Å². The molecule has 0 aromatic carbocycles. The monoisotopic (exact) mass is 218 g/mol. The lowest BCUT2D eigenvalue weighted by Crippen LogP contribution is -2.10. The number of hydrogen-bond acceptors (Lipinski definition) is 4. The van der Waals surface area contributed by atoms with Gasteiger partial charge >= 0.3 is 5.97 Å². The Bertz CT molecular complexity index is 413. The Morgan fingerprint density at radius 1 is 1.50 bits per heavy atom. The first-order valence-corrected chi connectivity index (χ1v) is 4.95. The van der Waals surface area contributed by atoms with Crippen molar-refractivity contribution in [2.75, 3.05) is 25.6 Å². The van der Waals surface area contributed by atoms with Crippen molar-refractivity contribution in [3.63, 3.8) is 0 Å². The molecule has 0 fully saturated rings. The van der Waals surface area contributed by atoms with Crippen molar-refractivity contribution in [3.05, 3.63) is 23.9 Å². The Labute approximate surface area is 95.2 Å². The molecule has 0 radical (unpaired) electrons. The summed E-state index contributed by atoms with van der Waals surface area (Å²) in [5.74, 6) is 5.41. The lowest BCUT2D eigenvalue weighted by atomic mass is 10.3. The van der Waals surface area contributed by atoms with Crippen LogP contribution in [0.1, 0.15) is 12.5 Å². The van der Waals surface area contributed by atoms with Crippen molar-refractivity contribution in [2.45, 2.75) is 6.92 Å². The molecule has 0 atom stereocenters. The standard InChI is InChI=1S/C12H14N2O2/c1-4-16-12(15)8-6-10-5-7-11(13-9-10)14(2)3/h5,7,9H,4H2,1-3H3. The number of rotatable bonds is 2. The number of carbonyl (C=O) groups is 1. The number of hydrogen-bond donors (Lipinski definition) is 0. The van der Waals surface area contributed by atoms with E-state index < -0.39 is 5.97 Å². The van der Waals surface area contributed by atoms with E-state index >= 15 is 0 Å². The highest BCUT2D eigenvalue weighted by atomic mass is 16.5. The van der Waals surface area contributed by atoms with Gasteiger partial charge in [0.25, 0.3) is 0 Å². The van der Waals surface area contributed by atoms with Crippen LogP contribution in [0.5, 0.6) is 0 Å². The number of nitrogens with zero attached hydrogens (tertiary/aromatic N) is 2. The number of pyridine rings is 1. The molecule has 1 rings (SSSR count). The molecule has 0 unspecified atom stereocenters. The normalized spacial score (nSPS) is 8.94. The predicted octanol–water partition coefficient (Wildman–Crippen LogP) is 1.06. The minimum absolute atomic E-state index is 0.339. The van der Waals surface area contributed by atoms with Crippen molar-refractivity contribution >= 4 is 11.8 Å². The molecule has 16 heavy (non-hydrogen) atoms. The third kappa shape index (κ3) is 3.62. The number of aromatic nitrogens is 1. The fourth-order valence-electron chi connectivity index (χ4n) is 1.01. The van der Waals surface area contributed by atoms with Crippen LogP contribution in [0.15, 0.2) is 18.3 Å². The van der Waals surface area contributed by atoms with Gasteiger partial charge < -0.3 is 9.64 Å². The molecular weight excluding hydrogens is 204 g/mol. The molecule has 0 aliphatic heterocycles. The average molecular weight is 218 g/mol. The third-order valence-corrected chi connectivity index (χ3v) is 1.79. The summed E-state index contributed by atoms with van der Waals surface area (Å²) in [7, 11) is 3.82. The molecule has 0 aliphatic rings. The minimum atomic E-state index is -0.515. The minimum Gasteiger partial charge on any atom is -0.456 e. The fourth-order valence-corrected chi connectivity index (χ4v) is 1.01. The first-order chi connectivity index (χ1) is 7.63. The summed E-state index contributed by atoms with van der Waals surface area (Å²) in [6.07, 6.45) is 1.63. The molecule has 0 aliphatic carbocycles. The molecule has 1 heterocycles. The molecule has 4 nitrogen and oxygen atoms in total. The first kappa shape index (κ1) is 12.1. The highest BCUT2D eigenvalue weighted by Gasteiger charge is 1.96. The summed E-state index contributed by atoms with van der Waals surface area (Å²) < 4.78 is 4.68. The van der Waals surface area contributed by atoms with Crippen LogP contribution in [0.4, 0.5) is 5.82 Å². The van der Waals surface area contributed by atoms with Crippen LogP contribution < -0.4 is 4.90 Å². The van der Waals surface area contributed by atoms with Crippen molar-refractivity contribution < 1.29 is 9.53 Å². The Hall–Kier alpha value is -2.02. The topological polar surface area (TPSA) is 42.4 Å². The van der Waals surface area contributed by atoms with Crippen LogP contribution in [0.25, 0.3) is 0 Å². The van der Waals surface area contributed by atoms with Gasteiger partial charge in [0.05, 0.1) is 6.61 Å². The molecule has 0 saturated carbocycles. The van der Waals surface area contributed by atoms with Crippen LogP contribution in [-0.4, -0.2) is 31.7 Å². The zero-order valence-electron chi connectivity index (χ0n) is 9.65. The summed E-state index contributed by atoms with van der Waals surface area (Å²) in [5, 5.41) is 0. The number of anilines is 1. The molecule has 0 bridgehead atoms. The van der Waals surface area contributed by atoms with E-state index in [0.29, 0.717) is 12.2 Å². The number of ether oxygens (including phenoxy) is 1. The van der Waals surface area contributed by atoms with Crippen LogP contribution in [0.2, 0.25) is 0 Å². The van der Waals surface area contributed by atoms with Crippen molar-refractivity contribution in [3.8, 4) is 11.8 Å². The lowest BCUT2D eigenvalue weighted by molar-refractivity contribution is -0.136. The maximum Gasteiger partial charge on any atom is 0.384 e. The highest BCUT2D eigenvalue weighted by Crippen LogP contribution is 2.06. The summed E-state index contributed by atoms with van der Waals surface area (Å²) in [6.45, 7) is 2.08. The third-order valence-electron chi connectivity index (χ3n) is 1.79. The Morgan fingerprint density at radius 2 is 2.25 bits per heavy atom. The Balaban J connectivity index is 2.72. The quantitative estimate of drug-likeness (QED) is 0.550. The van der Waals surface area contributed by atoms with Crippen LogP contribution >= 0.6 is 0 Å². The van der Waals surface area contributed by atoms with Gasteiger partial charge in [0.1, 0.15) is 5.82 Å². The van der Waals surface area contributed by atoms with Crippen LogP contribution in [0.3, 0.4) is 0 Å². The van der Waals surface area contributed by atoms with Crippen molar-refractivity contribution in [1.82, 2.24) is 4.98 Å². The van der Waals surface area contributed by atoms with Gasteiger partial charge in [-0.25, -0.2) is 9.78 Å². The van der Waals surface area contributed by atoms with E-state index in [0.717, 1.165) is 5.82 Å². The van der Waals surface area contributed by atoms with E-state index in [4.69, 9.17) is 0 Å². The molecule has 0 saturated heterocycles. The second kappa shape index (κ2) is 5.76. The second-order valence-corrected chi connectivity index (χ2v) is 3.27. The van der Waals surface area contributed by atoms with Crippen LogP contribution in [0, 0.1) is 11.8 Å². The Kier molecular flexibility index (Phi) is 4.34. The summed E-state index contributed by atoms with van der Waals surface area (Å²) >= 11 is 0. The molecule has 4 heteroatoms. The maximum absolute atomic E-state index is 11.0. The number of carbonyl (C=O) groups excluding carboxylic acids is 1. The summed E-state index contributed by atoms with van der Waals surface area (Å²) in [6, 6.07) is 3.66. The zero-order valence-corrected chi connectivity index (χ0v) is 9.65. The summed E-state index contributed by atoms with van der Waals surface area (Å²) in [4.78, 5) is 17.0. The second-order valence-electron chi connectivity index (χ2n) is 3.27. The van der Waals surface area contributed by atoms with Gasteiger partial charge in [-0.3, -0.25) is 0 Å². The smallest absolute Gasteiger partial charge is 0.384 e. The van der Waals surface area contributed by atoms with E-state index in [1.807, 2.05) is 31.1 Å². The van der Waals surface area contributed by atoms with Crippen molar-refractivity contribution in [1.29, 1.82) is 0 Å². The van der Waals surface area contributed by atoms with E-state index in [-0.39, 0.29) is 0 Å². The summed E-state index contributed by atoms with van der Waals surface area (Å²) in [5.41, 5.74) is 0.693. The fraction of sp³-hybridized carbons (Fsp3) is 0.333. The number of esters is 1. The van der Waals surface area contributed by atoms with Gasteiger partial charge in [-0.05, 0) is 19.1 Å². The molecule has 0 amide bonds. The van der Waals surface area contributed by atoms with Gasteiger partial charge in [-0.15, -0.1) is 0 Å². The van der Waals surface area contributed by atoms with Gasteiger partial charge in [0, 0.05) is 31.8 Å². The molecule has 0 spiro atoms. The SMILES string of the molecule is CCOC(=O)C#Cc1ccc(N(C)C)nc1. The molecule has 1 aromatic heterocycles. The van der Waals surface area contributed by atoms with E-state index in [1.165, 1.54) is 0 Å². The predicted molar refractivity (Wildman–Crippen MR) is 62.1 cm³/mol. The largest absolute Gasteiger partial charge is 0.456 e. The van der Waals surface area contributed by atoms with Gasteiger partial charge in [-0.2, -0.15) is 0 Å². The lowest BCUT2D eigenvalue weighted by Gasteiger charge is -2.09. The van der Waals surface area contributed by atoms with E-state index in [9.17, 15) is 4.79 Å². The average Bonchev–Trinajstić information content (AvgIpc) is 2.27. The van der Waals surface area contributed by atoms with Crippen molar-refractivity contribution in [2.24, 2.45) is 0 Å². The van der Waals surface area contributed by atoms with Gasteiger partial charge in [0.2, 0.25) is 0 Å². The Morgan fingerprint density at radius 3 is 2.75 bits per heavy atom.